The molecule has 4 nitrogen and oxygen atoms in total. The van der Waals surface area contributed by atoms with Crippen molar-refractivity contribution in [3.8, 4) is 0 Å². The van der Waals surface area contributed by atoms with Crippen molar-refractivity contribution in [2.75, 3.05) is 11.1 Å². The van der Waals surface area contributed by atoms with Crippen LogP contribution in [0.1, 0.15) is 55.8 Å². The van der Waals surface area contributed by atoms with Crippen LogP contribution in [-0.2, 0) is 0 Å². The Morgan fingerprint density at radius 2 is 2.10 bits per heavy atom. The van der Waals surface area contributed by atoms with Gasteiger partial charge in [0.2, 0.25) is 0 Å². The van der Waals surface area contributed by atoms with Gasteiger partial charge in [-0.2, -0.15) is 0 Å². The van der Waals surface area contributed by atoms with Crippen LogP contribution in [0.25, 0.3) is 0 Å². The Balaban J connectivity index is 2.24. The predicted molar refractivity (Wildman–Crippen MR) is 82.0 cm³/mol. The molecule has 4 N–H and O–H groups in total. The quantitative estimate of drug-likeness (QED) is 0.720. The van der Waals surface area contributed by atoms with Gasteiger partial charge in [-0.3, -0.25) is 0 Å². The van der Waals surface area contributed by atoms with E-state index in [-0.39, 0.29) is 17.3 Å². The number of nitrogen functional groups attached to an aromatic ring is 1. The maximum atomic E-state index is 13.5. The molecule has 1 saturated carbocycles. The average Bonchev–Trinajstić information content (AvgIpc) is 2.48. The Hall–Kier alpha value is -1.78. The number of carboxylic acid groups (broad SMARTS) is 1. The minimum atomic E-state index is -1.20. The molecule has 0 aliphatic heterocycles. The van der Waals surface area contributed by atoms with Crippen LogP contribution in [-0.4, -0.2) is 17.1 Å². The average molecular weight is 294 g/mol. The van der Waals surface area contributed by atoms with Crippen molar-refractivity contribution in [1.82, 2.24) is 0 Å². The molecule has 0 amide bonds. The minimum absolute atomic E-state index is 0.163. The fraction of sp³-hybridized carbons (Fsp3) is 0.562. The molecule has 1 aromatic rings. The van der Waals surface area contributed by atoms with Crippen molar-refractivity contribution in [2.24, 2.45) is 5.92 Å². The number of carbonyl (C=O) groups is 1. The lowest BCUT2D eigenvalue weighted by atomic mass is 9.82. The highest BCUT2D eigenvalue weighted by Gasteiger charge is 2.25. The second-order valence-corrected chi connectivity index (χ2v) is 5.75. The van der Waals surface area contributed by atoms with E-state index in [1.54, 1.807) is 0 Å². The fourth-order valence-electron chi connectivity index (χ4n) is 3.23. The number of nitrogens with one attached hydrogen (secondary N) is 1. The van der Waals surface area contributed by atoms with E-state index in [4.69, 9.17) is 5.73 Å². The monoisotopic (exact) mass is 294 g/mol. The van der Waals surface area contributed by atoms with Gasteiger partial charge in [-0.25, -0.2) is 9.18 Å². The molecule has 0 heterocycles. The van der Waals surface area contributed by atoms with Crippen LogP contribution in [0.2, 0.25) is 0 Å². The van der Waals surface area contributed by atoms with Gasteiger partial charge in [-0.1, -0.05) is 26.2 Å². The number of anilines is 2. The van der Waals surface area contributed by atoms with Crippen molar-refractivity contribution in [3.05, 3.63) is 23.5 Å². The zero-order valence-corrected chi connectivity index (χ0v) is 12.4. The summed E-state index contributed by atoms with van der Waals surface area (Å²) in [6.45, 7) is 2.08. The normalized spacial score (nSPS) is 17.4. The van der Waals surface area contributed by atoms with Gasteiger partial charge in [-0.15, -0.1) is 0 Å². The number of halogens is 1. The minimum Gasteiger partial charge on any atom is -0.478 e. The smallest absolute Gasteiger partial charge is 0.340 e. The van der Waals surface area contributed by atoms with Crippen LogP contribution < -0.4 is 11.1 Å². The zero-order chi connectivity index (χ0) is 15.4. The molecule has 1 aliphatic carbocycles. The first-order chi connectivity index (χ1) is 10.0. The number of aromatic carboxylic acids is 1. The maximum Gasteiger partial charge on any atom is 0.340 e. The summed E-state index contributed by atoms with van der Waals surface area (Å²) in [5.41, 5.74) is 5.54. The first kappa shape index (κ1) is 15.6. The Morgan fingerprint density at radius 3 is 2.67 bits per heavy atom. The fourth-order valence-corrected chi connectivity index (χ4v) is 3.23. The molecule has 1 unspecified atom stereocenters. The van der Waals surface area contributed by atoms with Crippen LogP contribution in [0, 0.1) is 11.7 Å². The van der Waals surface area contributed by atoms with E-state index in [1.165, 1.54) is 31.4 Å². The number of nitrogens with two attached hydrogens (primary N) is 1. The van der Waals surface area contributed by atoms with Gasteiger partial charge >= 0.3 is 5.97 Å². The molecule has 1 atom stereocenters. The van der Waals surface area contributed by atoms with Crippen LogP contribution >= 0.6 is 0 Å². The number of hydrogen-bond donors (Lipinski definition) is 3. The van der Waals surface area contributed by atoms with Gasteiger partial charge in [0.15, 0.2) is 0 Å². The first-order valence-corrected chi connectivity index (χ1v) is 7.62. The molecular formula is C16H23FN2O2. The summed E-state index contributed by atoms with van der Waals surface area (Å²) in [5, 5.41) is 12.6. The van der Waals surface area contributed by atoms with Crippen LogP contribution in [0.15, 0.2) is 12.1 Å². The van der Waals surface area contributed by atoms with Gasteiger partial charge in [0.25, 0.3) is 0 Å². The topological polar surface area (TPSA) is 75.3 Å². The van der Waals surface area contributed by atoms with Crippen molar-refractivity contribution < 1.29 is 14.3 Å². The molecule has 116 valence electrons. The SMILES string of the molecule is CCC(Nc1ccc(F)c(N)c1C(=O)O)C1CCCCC1. The highest BCUT2D eigenvalue weighted by atomic mass is 19.1. The molecule has 0 bridgehead atoms. The number of rotatable bonds is 5. The molecular weight excluding hydrogens is 271 g/mol. The lowest BCUT2D eigenvalue weighted by molar-refractivity contribution is 0.0698. The van der Waals surface area contributed by atoms with Gasteiger partial charge in [-0.05, 0) is 37.3 Å². The van der Waals surface area contributed by atoms with Gasteiger partial charge < -0.3 is 16.2 Å². The molecule has 1 aliphatic rings. The number of hydrogen-bond acceptors (Lipinski definition) is 3. The molecule has 5 heteroatoms. The van der Waals surface area contributed by atoms with Crippen LogP contribution in [0.4, 0.5) is 15.8 Å². The summed E-state index contributed by atoms with van der Waals surface area (Å²) in [6, 6.07) is 2.89. The summed E-state index contributed by atoms with van der Waals surface area (Å²) in [6.07, 6.45) is 6.94. The summed E-state index contributed by atoms with van der Waals surface area (Å²) in [4.78, 5) is 11.4. The molecule has 1 aromatic carbocycles. The zero-order valence-electron chi connectivity index (χ0n) is 12.4. The van der Waals surface area contributed by atoms with Gasteiger partial charge in [0, 0.05) is 6.04 Å². The second-order valence-electron chi connectivity index (χ2n) is 5.75. The first-order valence-electron chi connectivity index (χ1n) is 7.62. The summed E-state index contributed by atoms with van der Waals surface area (Å²) < 4.78 is 13.5. The lowest BCUT2D eigenvalue weighted by Crippen LogP contribution is -2.31. The number of benzene rings is 1. The molecule has 0 spiro atoms. The summed E-state index contributed by atoms with van der Waals surface area (Å²) in [7, 11) is 0. The Morgan fingerprint density at radius 1 is 1.43 bits per heavy atom. The van der Waals surface area contributed by atoms with E-state index in [9.17, 15) is 14.3 Å². The molecule has 1 fully saturated rings. The molecule has 2 rings (SSSR count). The molecule has 0 radical (unpaired) electrons. The highest BCUT2D eigenvalue weighted by molar-refractivity contribution is 6.00. The van der Waals surface area contributed by atoms with Crippen molar-refractivity contribution >= 4 is 17.3 Å². The molecule has 21 heavy (non-hydrogen) atoms. The third-order valence-corrected chi connectivity index (χ3v) is 4.41. The Kier molecular flexibility index (Phi) is 5.04. The Bertz CT molecular complexity index is 513. The van der Waals surface area contributed by atoms with E-state index in [1.807, 2.05) is 0 Å². The van der Waals surface area contributed by atoms with Crippen molar-refractivity contribution in [1.29, 1.82) is 0 Å². The largest absolute Gasteiger partial charge is 0.478 e. The van der Waals surface area contributed by atoms with Gasteiger partial charge in [0.05, 0.1) is 11.4 Å². The molecule has 0 aromatic heterocycles. The van der Waals surface area contributed by atoms with E-state index >= 15 is 0 Å². The van der Waals surface area contributed by atoms with E-state index in [2.05, 4.69) is 12.2 Å². The number of carboxylic acids is 1. The van der Waals surface area contributed by atoms with Gasteiger partial charge in [0.1, 0.15) is 11.4 Å². The van der Waals surface area contributed by atoms with E-state index in [0.29, 0.717) is 11.6 Å². The van der Waals surface area contributed by atoms with Crippen LogP contribution in [0.5, 0.6) is 0 Å². The van der Waals surface area contributed by atoms with E-state index < -0.39 is 11.8 Å². The lowest BCUT2D eigenvalue weighted by Gasteiger charge is -2.31. The summed E-state index contributed by atoms with van der Waals surface area (Å²) in [5.74, 6) is -1.35. The maximum absolute atomic E-state index is 13.5. The predicted octanol–water partition coefficient (Wildman–Crippen LogP) is 3.88. The second kappa shape index (κ2) is 6.78. The Labute approximate surface area is 124 Å². The van der Waals surface area contributed by atoms with Crippen LogP contribution in [0.3, 0.4) is 0 Å². The standard InChI is InChI=1S/C16H23FN2O2/c1-2-12(10-6-4-3-5-7-10)19-13-9-8-11(17)15(18)14(13)16(20)21/h8-10,12,19H,2-7,18H2,1H3,(H,20,21). The summed E-state index contributed by atoms with van der Waals surface area (Å²) >= 11 is 0. The third kappa shape index (κ3) is 3.46. The molecule has 0 saturated heterocycles. The van der Waals surface area contributed by atoms with Crippen molar-refractivity contribution in [3.63, 3.8) is 0 Å². The highest BCUT2D eigenvalue weighted by Crippen LogP contribution is 2.32. The van der Waals surface area contributed by atoms with Crippen molar-refractivity contribution in [2.45, 2.75) is 51.5 Å². The third-order valence-electron chi connectivity index (χ3n) is 4.41. The van der Waals surface area contributed by atoms with E-state index in [0.717, 1.165) is 19.3 Å².